The Kier molecular flexibility index (Phi) is 5.27. The molecule has 2 bridgehead atoms. The third kappa shape index (κ3) is 3.40. The number of nitrogens with zero attached hydrogens (tertiary/aromatic N) is 2. The Labute approximate surface area is 185 Å². The van der Waals surface area contributed by atoms with Crippen LogP contribution < -0.4 is 4.31 Å². The highest BCUT2D eigenvalue weighted by atomic mass is 32.2. The summed E-state index contributed by atoms with van der Waals surface area (Å²) in [5.74, 6) is -1.78. The molecule has 4 atom stereocenters. The van der Waals surface area contributed by atoms with Crippen LogP contribution in [0.3, 0.4) is 0 Å². The first-order valence-corrected chi connectivity index (χ1v) is 12.5. The van der Waals surface area contributed by atoms with Gasteiger partial charge in [0.05, 0.1) is 29.5 Å². The summed E-state index contributed by atoms with van der Waals surface area (Å²) in [6, 6.07) is 3.70. The number of fused-ring (bicyclic) bond motifs is 5. The lowest BCUT2D eigenvalue weighted by molar-refractivity contribution is -0.137. The van der Waals surface area contributed by atoms with Crippen molar-refractivity contribution in [1.29, 1.82) is 5.26 Å². The zero-order chi connectivity index (χ0) is 24.6. The lowest BCUT2D eigenvalue weighted by Crippen LogP contribution is -2.52. The van der Waals surface area contributed by atoms with E-state index in [4.69, 9.17) is 5.26 Å². The molecule has 4 rings (SSSR count). The van der Waals surface area contributed by atoms with Gasteiger partial charge in [-0.2, -0.15) is 40.0 Å². The van der Waals surface area contributed by atoms with E-state index in [0.717, 1.165) is 12.1 Å². The van der Waals surface area contributed by atoms with Gasteiger partial charge in [0.25, 0.3) is 0 Å². The molecular weight excluding hydrogens is 502 g/mol. The highest BCUT2D eigenvalue weighted by Gasteiger charge is 2.71. The summed E-state index contributed by atoms with van der Waals surface area (Å²) < 4.78 is 132. The zero-order valence-electron chi connectivity index (χ0n) is 16.5. The number of hydrogen-bond acceptors (Lipinski definition) is 6. The Balaban J connectivity index is 1.78. The second kappa shape index (κ2) is 7.22. The van der Waals surface area contributed by atoms with Crippen LogP contribution in [0.1, 0.15) is 30.4 Å². The number of halogens is 6. The summed E-state index contributed by atoms with van der Waals surface area (Å²) in [4.78, 5) is 0. The molecule has 2 aliphatic carbocycles. The summed E-state index contributed by atoms with van der Waals surface area (Å²) in [5.41, 5.74) is -8.25. The van der Waals surface area contributed by atoms with Crippen molar-refractivity contribution in [3.63, 3.8) is 0 Å². The molecule has 0 aromatic heterocycles. The van der Waals surface area contributed by atoms with E-state index >= 15 is 0 Å². The molecule has 0 N–H and O–H groups in total. The number of benzene rings is 1. The van der Waals surface area contributed by atoms with Gasteiger partial charge in [0.1, 0.15) is 4.75 Å². The molecule has 15 heteroatoms. The van der Waals surface area contributed by atoms with Crippen LogP contribution in [-0.2, 0) is 30.5 Å². The van der Waals surface area contributed by atoms with E-state index in [0.29, 0.717) is 29.6 Å². The number of anilines is 1. The largest absolute Gasteiger partial charge is 0.523 e. The first-order chi connectivity index (χ1) is 15.1. The maximum atomic E-state index is 13.6. The Morgan fingerprint density at radius 1 is 1.18 bits per heavy atom. The minimum Gasteiger partial charge on any atom is -0.269 e. The summed E-state index contributed by atoms with van der Waals surface area (Å²) in [5, 5.41) is 8.96. The van der Waals surface area contributed by atoms with Gasteiger partial charge in [0.2, 0.25) is 10.0 Å². The average molecular weight is 518 g/mol. The summed E-state index contributed by atoms with van der Waals surface area (Å²) >= 11 is 0. The molecule has 1 aromatic rings. The third-order valence-electron chi connectivity index (χ3n) is 6.93. The molecule has 1 saturated heterocycles. The Morgan fingerprint density at radius 3 is 2.42 bits per heavy atom. The van der Waals surface area contributed by atoms with Gasteiger partial charge in [0.15, 0.2) is 0 Å². The molecule has 2 saturated carbocycles. The van der Waals surface area contributed by atoms with E-state index in [1.807, 2.05) is 0 Å². The van der Waals surface area contributed by atoms with Gasteiger partial charge in [-0.15, -0.1) is 0 Å². The molecule has 0 radical (unpaired) electrons. The molecule has 1 aromatic carbocycles. The standard InChI is InChI=1S/C18H16F6N2O5S2/c19-17(20,21)14-6-13(4-2-11(14)7-25)26-8-15-10-1-3-12(5-10)16(15,32(26,27)28)9-31-33(29,30)18(22,23)24/h2,4,6,10,12,15H,1,3,5,8-9H2/t10-,12+,15+,16-/m1/s1. The average Bonchev–Trinajstić information content (AvgIpc) is 3.35. The molecule has 1 heterocycles. The van der Waals surface area contributed by atoms with E-state index in [9.17, 15) is 43.2 Å². The van der Waals surface area contributed by atoms with Gasteiger partial charge in [-0.1, -0.05) is 0 Å². The van der Waals surface area contributed by atoms with Crippen LogP contribution in [0.5, 0.6) is 0 Å². The van der Waals surface area contributed by atoms with E-state index in [-0.39, 0.29) is 12.5 Å². The fourth-order valence-corrected chi connectivity index (χ4v) is 8.72. The number of sulfonamides is 1. The van der Waals surface area contributed by atoms with Gasteiger partial charge < -0.3 is 0 Å². The van der Waals surface area contributed by atoms with Crippen LogP contribution >= 0.6 is 0 Å². The Morgan fingerprint density at radius 2 is 1.85 bits per heavy atom. The van der Waals surface area contributed by atoms with E-state index in [2.05, 4.69) is 4.18 Å². The lowest BCUT2D eigenvalue weighted by atomic mass is 9.79. The van der Waals surface area contributed by atoms with Crippen molar-refractivity contribution in [3.8, 4) is 6.07 Å². The number of alkyl halides is 6. The fourth-order valence-electron chi connectivity index (χ4n) is 5.51. The van der Waals surface area contributed by atoms with Gasteiger partial charge in [-0.3, -0.25) is 8.49 Å². The van der Waals surface area contributed by atoms with Gasteiger partial charge >= 0.3 is 21.8 Å². The van der Waals surface area contributed by atoms with Crippen molar-refractivity contribution in [2.75, 3.05) is 17.5 Å². The lowest BCUT2D eigenvalue weighted by Gasteiger charge is -2.36. The molecular formula is C18H16F6N2O5S2. The molecule has 0 spiro atoms. The van der Waals surface area contributed by atoms with E-state index in [1.54, 1.807) is 0 Å². The fraction of sp³-hybridized carbons (Fsp3) is 0.611. The number of rotatable bonds is 4. The molecule has 0 amide bonds. The summed E-state index contributed by atoms with van der Waals surface area (Å²) in [7, 11) is -10.7. The number of hydrogen-bond donors (Lipinski definition) is 0. The van der Waals surface area contributed by atoms with Crippen LogP contribution in [-0.4, -0.2) is 40.2 Å². The van der Waals surface area contributed by atoms with Crippen molar-refractivity contribution in [1.82, 2.24) is 0 Å². The Hall–Kier alpha value is -2.05. The van der Waals surface area contributed by atoms with E-state index < -0.39 is 71.8 Å². The summed E-state index contributed by atoms with van der Waals surface area (Å²) in [6.07, 6.45) is -3.74. The number of nitriles is 1. The van der Waals surface area contributed by atoms with Crippen molar-refractivity contribution in [3.05, 3.63) is 29.3 Å². The minimum absolute atomic E-state index is 0.257. The highest BCUT2D eigenvalue weighted by molar-refractivity contribution is 7.94. The van der Waals surface area contributed by atoms with Crippen molar-refractivity contribution < 1.29 is 47.4 Å². The van der Waals surface area contributed by atoms with E-state index in [1.165, 1.54) is 6.07 Å². The van der Waals surface area contributed by atoms with Gasteiger partial charge in [-0.25, -0.2) is 8.42 Å². The molecule has 3 aliphatic rings. The third-order valence-corrected chi connectivity index (χ3v) is 10.6. The van der Waals surface area contributed by atoms with Crippen molar-refractivity contribution >= 4 is 25.8 Å². The minimum atomic E-state index is -6.08. The quantitative estimate of drug-likeness (QED) is 0.344. The molecule has 182 valence electrons. The van der Waals surface area contributed by atoms with Crippen LogP contribution in [0.15, 0.2) is 18.2 Å². The first kappa shape index (κ1) is 24.1. The predicted octanol–water partition coefficient (Wildman–Crippen LogP) is 3.38. The van der Waals surface area contributed by atoms with Crippen molar-refractivity contribution in [2.24, 2.45) is 17.8 Å². The maximum absolute atomic E-state index is 13.6. The van der Waals surface area contributed by atoms with Gasteiger partial charge in [-0.05, 0) is 49.3 Å². The van der Waals surface area contributed by atoms with Crippen LogP contribution in [0.2, 0.25) is 0 Å². The normalized spacial score (nSPS) is 30.9. The molecule has 1 aliphatic heterocycles. The first-order valence-electron chi connectivity index (χ1n) is 9.65. The second-order valence-electron chi connectivity index (χ2n) is 8.37. The second-order valence-corrected chi connectivity index (χ2v) is 12.1. The van der Waals surface area contributed by atoms with Crippen LogP contribution in [0.25, 0.3) is 0 Å². The molecule has 33 heavy (non-hydrogen) atoms. The predicted molar refractivity (Wildman–Crippen MR) is 100 cm³/mol. The zero-order valence-corrected chi connectivity index (χ0v) is 18.2. The van der Waals surface area contributed by atoms with Gasteiger partial charge in [0, 0.05) is 12.5 Å². The summed E-state index contributed by atoms with van der Waals surface area (Å²) in [6.45, 7) is -1.61. The molecule has 0 unspecified atom stereocenters. The van der Waals surface area contributed by atoms with Crippen LogP contribution in [0.4, 0.5) is 32.0 Å². The highest BCUT2D eigenvalue weighted by Crippen LogP contribution is 2.62. The Bertz CT molecular complexity index is 1240. The SMILES string of the molecule is N#Cc1ccc(N2C[C@H]3[C@@H]4CC[C@@H](C4)[C@@]3(COS(=O)(=O)C(F)(F)F)S2(=O)=O)cc1C(F)(F)F. The maximum Gasteiger partial charge on any atom is 0.523 e. The van der Waals surface area contributed by atoms with Crippen molar-refractivity contribution in [2.45, 2.75) is 35.7 Å². The smallest absolute Gasteiger partial charge is 0.269 e. The molecule has 3 fully saturated rings. The topological polar surface area (TPSA) is 105 Å². The molecule has 7 nitrogen and oxygen atoms in total. The monoisotopic (exact) mass is 518 g/mol. The van der Waals surface area contributed by atoms with Crippen LogP contribution in [0, 0.1) is 29.1 Å².